The average Bonchev–Trinajstić information content (AvgIpc) is 1.90. The second-order valence-corrected chi connectivity index (χ2v) is 3.36. The number of hydrogen-bond donors (Lipinski definition) is 1. The van der Waals surface area contributed by atoms with Crippen LogP contribution in [0.25, 0.3) is 0 Å². The molecule has 0 bridgehead atoms. The largest absolute Gasteiger partial charge is 0.337 e. The van der Waals surface area contributed by atoms with Crippen LogP contribution in [0.5, 0.6) is 0 Å². The quantitative estimate of drug-likeness (QED) is 0.719. The number of halogens is 2. The lowest BCUT2D eigenvalue weighted by Gasteiger charge is -2.40. The fourth-order valence-electron chi connectivity index (χ4n) is 1.71. The molecule has 2 saturated heterocycles. The highest BCUT2D eigenvalue weighted by atomic mass is 35.5. The van der Waals surface area contributed by atoms with Crippen molar-refractivity contribution in [2.45, 2.75) is 25.3 Å². The van der Waals surface area contributed by atoms with Gasteiger partial charge in [-0.2, -0.15) is 0 Å². The minimum absolute atomic E-state index is 0. The van der Waals surface area contributed by atoms with Crippen LogP contribution in [0.2, 0.25) is 0 Å². The molecule has 78 valence electrons. The maximum Gasteiger partial charge on any atom is 0.222 e. The number of amides is 1. The molecular formula is C8H16Cl2N2O. The predicted molar refractivity (Wildman–Crippen MR) is 56.7 cm³/mol. The molecular weight excluding hydrogens is 211 g/mol. The van der Waals surface area contributed by atoms with Crippen LogP contribution in [0.4, 0.5) is 0 Å². The second-order valence-electron chi connectivity index (χ2n) is 3.36. The van der Waals surface area contributed by atoms with Gasteiger partial charge in [0.1, 0.15) is 0 Å². The molecule has 2 aliphatic heterocycles. The molecule has 13 heavy (non-hydrogen) atoms. The molecule has 3 nitrogen and oxygen atoms in total. The first kappa shape index (κ1) is 13.0. The van der Waals surface area contributed by atoms with E-state index in [4.69, 9.17) is 0 Å². The molecule has 5 heteroatoms. The van der Waals surface area contributed by atoms with Crippen molar-refractivity contribution in [2.24, 2.45) is 0 Å². The van der Waals surface area contributed by atoms with Crippen molar-refractivity contribution in [1.29, 1.82) is 0 Å². The van der Waals surface area contributed by atoms with Gasteiger partial charge in [-0.1, -0.05) is 0 Å². The normalized spacial score (nSPS) is 22.8. The van der Waals surface area contributed by atoms with Crippen LogP contribution in [0.3, 0.4) is 0 Å². The van der Waals surface area contributed by atoms with Crippen molar-refractivity contribution in [3.05, 3.63) is 0 Å². The van der Waals surface area contributed by atoms with E-state index in [2.05, 4.69) is 5.32 Å². The maximum atomic E-state index is 11.3. The molecule has 0 aromatic rings. The summed E-state index contributed by atoms with van der Waals surface area (Å²) in [5, 5.41) is 3.19. The fourth-order valence-corrected chi connectivity index (χ4v) is 1.71. The molecule has 0 aromatic carbocycles. The van der Waals surface area contributed by atoms with Crippen molar-refractivity contribution in [1.82, 2.24) is 10.2 Å². The van der Waals surface area contributed by atoms with E-state index >= 15 is 0 Å². The Morgan fingerprint density at radius 1 is 1.23 bits per heavy atom. The van der Waals surface area contributed by atoms with Gasteiger partial charge < -0.3 is 10.2 Å². The summed E-state index contributed by atoms with van der Waals surface area (Å²) in [7, 11) is 0. The zero-order chi connectivity index (χ0) is 7.68. The average molecular weight is 227 g/mol. The summed E-state index contributed by atoms with van der Waals surface area (Å²) >= 11 is 0. The third-order valence-electron chi connectivity index (χ3n) is 2.56. The lowest BCUT2D eigenvalue weighted by molar-refractivity contribution is -0.136. The van der Waals surface area contributed by atoms with Crippen LogP contribution in [-0.2, 0) is 4.79 Å². The molecule has 0 saturated carbocycles. The van der Waals surface area contributed by atoms with Gasteiger partial charge in [-0.25, -0.2) is 0 Å². The van der Waals surface area contributed by atoms with Gasteiger partial charge in [0.25, 0.3) is 0 Å². The fraction of sp³-hybridized carbons (Fsp3) is 0.875. The number of nitrogens with one attached hydrogen (secondary N) is 1. The van der Waals surface area contributed by atoms with Crippen molar-refractivity contribution >= 4 is 30.7 Å². The third-order valence-corrected chi connectivity index (χ3v) is 2.56. The van der Waals surface area contributed by atoms with Gasteiger partial charge in [0.2, 0.25) is 5.91 Å². The molecule has 0 atom stereocenters. The van der Waals surface area contributed by atoms with Gasteiger partial charge in [0.15, 0.2) is 0 Å². The highest BCUT2D eigenvalue weighted by Gasteiger charge is 2.29. The lowest BCUT2D eigenvalue weighted by Crippen LogP contribution is -2.59. The first-order valence-electron chi connectivity index (χ1n) is 4.38. The van der Waals surface area contributed by atoms with Gasteiger partial charge in [-0.3, -0.25) is 4.79 Å². The van der Waals surface area contributed by atoms with Gasteiger partial charge >= 0.3 is 0 Å². The summed E-state index contributed by atoms with van der Waals surface area (Å²) in [5.74, 6) is 0.364. The highest BCUT2D eigenvalue weighted by molar-refractivity contribution is 5.85. The molecule has 0 spiro atoms. The van der Waals surface area contributed by atoms with Crippen LogP contribution < -0.4 is 5.32 Å². The van der Waals surface area contributed by atoms with E-state index in [0.29, 0.717) is 11.9 Å². The Labute approximate surface area is 91.1 Å². The summed E-state index contributed by atoms with van der Waals surface area (Å²) in [5.41, 5.74) is 0. The van der Waals surface area contributed by atoms with Crippen molar-refractivity contribution in [3.63, 3.8) is 0 Å². The van der Waals surface area contributed by atoms with Crippen molar-refractivity contribution < 1.29 is 4.79 Å². The first-order chi connectivity index (χ1) is 5.38. The number of likely N-dealkylation sites (tertiary alicyclic amines) is 1. The predicted octanol–water partition coefficient (Wildman–Crippen LogP) is 0.814. The molecule has 2 fully saturated rings. The van der Waals surface area contributed by atoms with Crippen LogP contribution >= 0.6 is 24.8 Å². The van der Waals surface area contributed by atoms with Gasteiger partial charge in [-0.15, -0.1) is 24.8 Å². The smallest absolute Gasteiger partial charge is 0.222 e. The molecule has 0 aliphatic carbocycles. The zero-order valence-corrected chi connectivity index (χ0v) is 9.12. The van der Waals surface area contributed by atoms with Crippen LogP contribution in [0.15, 0.2) is 0 Å². The van der Waals surface area contributed by atoms with E-state index in [0.717, 1.165) is 32.5 Å². The highest BCUT2D eigenvalue weighted by Crippen LogP contribution is 2.15. The Balaban J connectivity index is 0.000000720. The van der Waals surface area contributed by atoms with Gasteiger partial charge in [-0.05, 0) is 12.8 Å². The summed E-state index contributed by atoms with van der Waals surface area (Å²) in [6.07, 6.45) is 3.06. The molecule has 2 rings (SSSR count). The minimum atomic E-state index is 0. The van der Waals surface area contributed by atoms with Crippen molar-refractivity contribution in [3.8, 4) is 0 Å². The SMILES string of the molecule is Cl.Cl.O=C1CCCCN1C1CNC1. The molecule has 0 aromatic heterocycles. The zero-order valence-electron chi connectivity index (χ0n) is 7.49. The number of carbonyl (C=O) groups is 1. The molecule has 1 N–H and O–H groups in total. The number of hydrogen-bond acceptors (Lipinski definition) is 2. The second kappa shape index (κ2) is 5.68. The van der Waals surface area contributed by atoms with Crippen LogP contribution in [-0.4, -0.2) is 36.5 Å². The Bertz CT molecular complexity index is 174. The number of carbonyl (C=O) groups excluding carboxylic acids is 1. The van der Waals surface area contributed by atoms with E-state index in [1.165, 1.54) is 6.42 Å². The standard InChI is InChI=1S/C8H14N2O.2ClH/c11-8-3-1-2-4-10(8)7-5-9-6-7;;/h7,9H,1-6H2;2*1H. The molecule has 2 heterocycles. The van der Waals surface area contributed by atoms with Gasteiger partial charge in [0.05, 0.1) is 6.04 Å². The Hall–Kier alpha value is 0.01000. The summed E-state index contributed by atoms with van der Waals surface area (Å²) in [6.45, 7) is 3.00. The summed E-state index contributed by atoms with van der Waals surface area (Å²) in [4.78, 5) is 13.4. The lowest BCUT2D eigenvalue weighted by atomic mass is 10.0. The van der Waals surface area contributed by atoms with Crippen LogP contribution in [0.1, 0.15) is 19.3 Å². The van der Waals surface area contributed by atoms with E-state index in [1.807, 2.05) is 4.90 Å². The molecule has 0 radical (unpaired) electrons. The Kier molecular flexibility index (Phi) is 5.68. The first-order valence-corrected chi connectivity index (χ1v) is 4.38. The number of rotatable bonds is 1. The van der Waals surface area contributed by atoms with E-state index < -0.39 is 0 Å². The third kappa shape index (κ3) is 2.73. The molecule has 2 aliphatic rings. The van der Waals surface area contributed by atoms with Gasteiger partial charge in [0, 0.05) is 26.1 Å². The van der Waals surface area contributed by atoms with Crippen molar-refractivity contribution in [2.75, 3.05) is 19.6 Å². The molecule has 1 amide bonds. The topological polar surface area (TPSA) is 32.3 Å². The Morgan fingerprint density at radius 3 is 2.38 bits per heavy atom. The number of piperidine rings is 1. The monoisotopic (exact) mass is 226 g/mol. The summed E-state index contributed by atoms with van der Waals surface area (Å²) < 4.78 is 0. The minimum Gasteiger partial charge on any atom is -0.337 e. The molecule has 0 unspecified atom stereocenters. The Morgan fingerprint density at radius 2 is 1.92 bits per heavy atom. The van der Waals surface area contributed by atoms with E-state index in [1.54, 1.807) is 0 Å². The summed E-state index contributed by atoms with van der Waals surface area (Å²) in [6, 6.07) is 0.516. The maximum absolute atomic E-state index is 11.3. The van der Waals surface area contributed by atoms with E-state index in [9.17, 15) is 4.79 Å². The van der Waals surface area contributed by atoms with Crippen LogP contribution in [0, 0.1) is 0 Å². The van der Waals surface area contributed by atoms with E-state index in [-0.39, 0.29) is 24.8 Å². The number of nitrogens with zero attached hydrogens (tertiary/aromatic N) is 1.